The number of nitrogens with one attached hydrogen (secondary N) is 2. The number of hydrogen-bond donors (Lipinski definition) is 3. The molecule has 114 valence electrons. The highest BCUT2D eigenvalue weighted by Crippen LogP contribution is 2.35. The van der Waals surface area contributed by atoms with Gasteiger partial charge < -0.3 is 11.1 Å². The summed E-state index contributed by atoms with van der Waals surface area (Å²) in [4.78, 5) is 33.4. The maximum atomic E-state index is 13.5. The van der Waals surface area contributed by atoms with Crippen molar-refractivity contribution in [2.24, 2.45) is 0 Å². The van der Waals surface area contributed by atoms with E-state index in [2.05, 4.69) is 20.3 Å². The van der Waals surface area contributed by atoms with E-state index in [1.165, 1.54) is 18.3 Å². The number of hydrogen-bond acceptors (Lipinski definition) is 5. The third kappa shape index (κ3) is 2.80. The smallest absolute Gasteiger partial charge is 0.254 e. The highest BCUT2D eigenvalue weighted by Gasteiger charge is 2.33. The number of carbonyl (C=O) groups is 1. The fourth-order valence-electron chi connectivity index (χ4n) is 2.50. The lowest BCUT2D eigenvalue weighted by atomic mass is 9.78. The predicted octanol–water partition coefficient (Wildman–Crippen LogP) is 0.562. The number of pyridine rings is 1. The van der Waals surface area contributed by atoms with E-state index in [0.717, 1.165) is 6.20 Å². The van der Waals surface area contributed by atoms with E-state index in [4.69, 9.17) is 5.73 Å². The average Bonchev–Trinajstić information content (AvgIpc) is 2.41. The number of aromatic nitrogens is 3. The fourth-order valence-corrected chi connectivity index (χ4v) is 2.50. The van der Waals surface area contributed by atoms with Gasteiger partial charge in [-0.3, -0.25) is 19.6 Å². The predicted molar refractivity (Wildman–Crippen MR) is 76.7 cm³/mol. The maximum absolute atomic E-state index is 13.5. The average molecular weight is 303 g/mol. The number of rotatable bonds is 3. The van der Waals surface area contributed by atoms with Crippen molar-refractivity contribution in [1.29, 1.82) is 0 Å². The quantitative estimate of drug-likeness (QED) is 0.766. The largest absolute Gasteiger partial charge is 0.369 e. The van der Waals surface area contributed by atoms with Crippen molar-refractivity contribution in [2.45, 2.75) is 24.8 Å². The molecule has 4 N–H and O–H groups in total. The van der Waals surface area contributed by atoms with Gasteiger partial charge in [0.15, 0.2) is 5.82 Å². The van der Waals surface area contributed by atoms with Gasteiger partial charge in [-0.05, 0) is 18.9 Å². The molecule has 2 heterocycles. The van der Waals surface area contributed by atoms with Gasteiger partial charge in [-0.15, -0.1) is 0 Å². The van der Waals surface area contributed by atoms with Crippen LogP contribution in [0.25, 0.3) is 0 Å². The monoisotopic (exact) mass is 303 g/mol. The molecule has 0 unspecified atom stereocenters. The van der Waals surface area contributed by atoms with Gasteiger partial charge in [-0.1, -0.05) is 0 Å². The van der Waals surface area contributed by atoms with Crippen LogP contribution >= 0.6 is 0 Å². The zero-order valence-corrected chi connectivity index (χ0v) is 11.5. The molecule has 0 bridgehead atoms. The summed E-state index contributed by atoms with van der Waals surface area (Å²) >= 11 is 0. The van der Waals surface area contributed by atoms with Gasteiger partial charge in [0.05, 0.1) is 17.5 Å². The van der Waals surface area contributed by atoms with Crippen LogP contribution in [0.5, 0.6) is 0 Å². The summed E-state index contributed by atoms with van der Waals surface area (Å²) in [7, 11) is 0. The molecule has 0 aromatic carbocycles. The van der Waals surface area contributed by atoms with Crippen LogP contribution in [0.4, 0.5) is 10.3 Å². The Bertz CT molecular complexity index is 770. The van der Waals surface area contributed by atoms with Crippen LogP contribution in [0, 0.1) is 5.82 Å². The normalized spacial score (nSPS) is 20.2. The Balaban J connectivity index is 1.61. The molecule has 1 amide bonds. The van der Waals surface area contributed by atoms with Crippen LogP contribution in [0.1, 0.15) is 34.8 Å². The summed E-state index contributed by atoms with van der Waals surface area (Å²) < 4.78 is 13.5. The third-order valence-corrected chi connectivity index (χ3v) is 3.69. The van der Waals surface area contributed by atoms with Crippen LogP contribution in [-0.2, 0) is 0 Å². The van der Waals surface area contributed by atoms with Gasteiger partial charge in [0.2, 0.25) is 5.95 Å². The van der Waals surface area contributed by atoms with Crippen molar-refractivity contribution in [2.75, 3.05) is 5.73 Å². The Morgan fingerprint density at radius 3 is 2.91 bits per heavy atom. The molecular weight excluding hydrogens is 289 g/mol. The van der Waals surface area contributed by atoms with Crippen LogP contribution in [0.15, 0.2) is 29.3 Å². The number of anilines is 1. The summed E-state index contributed by atoms with van der Waals surface area (Å²) in [6, 6.07) is 2.66. The first kappa shape index (κ1) is 14.2. The van der Waals surface area contributed by atoms with E-state index in [1.807, 2.05) is 0 Å². The van der Waals surface area contributed by atoms with E-state index >= 15 is 0 Å². The topological polar surface area (TPSA) is 114 Å². The van der Waals surface area contributed by atoms with Gasteiger partial charge in [0.1, 0.15) is 0 Å². The number of aromatic amines is 1. The minimum Gasteiger partial charge on any atom is -0.369 e. The lowest BCUT2D eigenvalue weighted by molar-refractivity contribution is 0.0904. The molecule has 0 atom stereocenters. The fraction of sp³-hybridized carbons (Fsp3) is 0.286. The second-order valence-electron chi connectivity index (χ2n) is 5.25. The standard InChI is InChI=1S/C14H14FN5O2/c15-10-6-17-2-1-9(10)13(22)18-8-3-7(4-8)11-5-12(21)20-14(16)19-11/h1-2,5-8H,3-4H2,(H,18,22)(H3,16,19,20,21). The second-order valence-corrected chi connectivity index (χ2v) is 5.25. The zero-order valence-electron chi connectivity index (χ0n) is 11.5. The Kier molecular flexibility index (Phi) is 3.58. The zero-order chi connectivity index (χ0) is 15.7. The van der Waals surface area contributed by atoms with Crippen molar-refractivity contribution in [1.82, 2.24) is 20.3 Å². The van der Waals surface area contributed by atoms with Crippen molar-refractivity contribution in [3.8, 4) is 0 Å². The highest BCUT2D eigenvalue weighted by atomic mass is 19.1. The lowest BCUT2D eigenvalue weighted by Crippen LogP contribution is -2.44. The molecule has 1 saturated carbocycles. The van der Waals surface area contributed by atoms with Crippen LogP contribution < -0.4 is 16.6 Å². The maximum Gasteiger partial charge on any atom is 0.254 e. The Hall–Kier alpha value is -2.77. The third-order valence-electron chi connectivity index (χ3n) is 3.69. The van der Waals surface area contributed by atoms with Gasteiger partial charge in [0, 0.05) is 24.2 Å². The number of carbonyl (C=O) groups excluding carboxylic acids is 1. The van der Waals surface area contributed by atoms with E-state index in [0.29, 0.717) is 18.5 Å². The van der Waals surface area contributed by atoms with Gasteiger partial charge in [-0.25, -0.2) is 9.37 Å². The number of nitrogens with zero attached hydrogens (tertiary/aromatic N) is 2. The molecule has 7 nitrogen and oxygen atoms in total. The van der Waals surface area contributed by atoms with Gasteiger partial charge >= 0.3 is 0 Å². The Morgan fingerprint density at radius 1 is 1.45 bits per heavy atom. The van der Waals surface area contributed by atoms with Crippen LogP contribution in [0.2, 0.25) is 0 Å². The van der Waals surface area contributed by atoms with E-state index in [9.17, 15) is 14.0 Å². The highest BCUT2D eigenvalue weighted by molar-refractivity contribution is 5.94. The summed E-state index contributed by atoms with van der Waals surface area (Å²) in [5, 5.41) is 2.75. The van der Waals surface area contributed by atoms with Crippen molar-refractivity contribution in [3.05, 3.63) is 52.0 Å². The summed E-state index contributed by atoms with van der Waals surface area (Å²) in [5.74, 6) is -0.979. The number of amides is 1. The molecule has 0 spiro atoms. The van der Waals surface area contributed by atoms with Crippen molar-refractivity contribution < 1.29 is 9.18 Å². The van der Waals surface area contributed by atoms with Crippen molar-refractivity contribution in [3.63, 3.8) is 0 Å². The van der Waals surface area contributed by atoms with Crippen molar-refractivity contribution >= 4 is 11.9 Å². The molecular formula is C14H14FN5O2. The molecule has 0 saturated heterocycles. The van der Waals surface area contributed by atoms with Gasteiger partial charge in [0.25, 0.3) is 11.5 Å². The number of H-pyrrole nitrogens is 1. The number of nitrogens with two attached hydrogens (primary N) is 1. The van der Waals surface area contributed by atoms with E-state index in [-0.39, 0.29) is 29.0 Å². The molecule has 2 aromatic rings. The SMILES string of the molecule is Nc1nc(C2CC(NC(=O)c3ccncc3F)C2)cc(=O)[nH]1. The number of halogens is 1. The summed E-state index contributed by atoms with van der Waals surface area (Å²) in [6.07, 6.45) is 3.63. The van der Waals surface area contributed by atoms with Crippen LogP contribution in [0.3, 0.4) is 0 Å². The molecule has 1 fully saturated rings. The van der Waals surface area contributed by atoms with Gasteiger partial charge in [-0.2, -0.15) is 0 Å². The molecule has 22 heavy (non-hydrogen) atoms. The molecule has 3 rings (SSSR count). The first-order valence-electron chi connectivity index (χ1n) is 6.80. The number of nitrogen functional groups attached to an aromatic ring is 1. The Labute approximate surface area is 124 Å². The molecule has 1 aliphatic rings. The molecule has 2 aromatic heterocycles. The van der Waals surface area contributed by atoms with Crippen LogP contribution in [-0.4, -0.2) is 26.9 Å². The van der Waals surface area contributed by atoms with E-state index < -0.39 is 11.7 Å². The van der Waals surface area contributed by atoms with E-state index in [1.54, 1.807) is 0 Å². The minimum absolute atomic E-state index is 0.0306. The first-order chi connectivity index (χ1) is 10.5. The molecule has 0 radical (unpaired) electrons. The lowest BCUT2D eigenvalue weighted by Gasteiger charge is -2.35. The molecule has 8 heteroatoms. The first-order valence-corrected chi connectivity index (χ1v) is 6.80. The second kappa shape index (κ2) is 5.55. The molecule has 1 aliphatic carbocycles. The Morgan fingerprint density at radius 2 is 2.23 bits per heavy atom. The molecule has 0 aliphatic heterocycles. The minimum atomic E-state index is -0.653. The summed E-state index contributed by atoms with van der Waals surface area (Å²) in [6.45, 7) is 0. The summed E-state index contributed by atoms with van der Waals surface area (Å²) in [5.41, 5.74) is 5.78.